The van der Waals surface area contributed by atoms with Gasteiger partial charge in [-0.25, -0.2) is 14.4 Å². The van der Waals surface area contributed by atoms with Crippen LogP contribution in [0.3, 0.4) is 0 Å². The monoisotopic (exact) mass is 332 g/mol. The summed E-state index contributed by atoms with van der Waals surface area (Å²) >= 11 is 0. The zero-order valence-corrected chi connectivity index (χ0v) is 13.8. The third-order valence-corrected chi connectivity index (χ3v) is 3.85. The number of hydrogen-bond acceptors (Lipinski definition) is 4. The molecule has 0 bridgehead atoms. The molecule has 0 radical (unpaired) electrons. The molecule has 5 heteroatoms. The Morgan fingerprint density at radius 3 is 2.80 bits per heavy atom. The van der Waals surface area contributed by atoms with Crippen LogP contribution in [0.1, 0.15) is 12.6 Å². The first-order valence-electron chi connectivity index (χ1n) is 7.76. The summed E-state index contributed by atoms with van der Waals surface area (Å²) in [5.74, 6) is 0.0161. The van der Waals surface area contributed by atoms with Gasteiger partial charge in [0, 0.05) is 22.7 Å². The minimum absolute atomic E-state index is 0.388. The molecule has 0 spiro atoms. The van der Waals surface area contributed by atoms with Gasteiger partial charge in [0.25, 0.3) is 0 Å². The van der Waals surface area contributed by atoms with E-state index in [1.165, 1.54) is 18.5 Å². The van der Waals surface area contributed by atoms with Crippen molar-refractivity contribution < 1.29 is 4.39 Å². The van der Waals surface area contributed by atoms with Crippen LogP contribution in [0.2, 0.25) is 0 Å². The van der Waals surface area contributed by atoms with Gasteiger partial charge in [0.05, 0.1) is 11.2 Å². The number of rotatable bonds is 4. The van der Waals surface area contributed by atoms with Gasteiger partial charge in [0.2, 0.25) is 0 Å². The summed E-state index contributed by atoms with van der Waals surface area (Å²) in [6.07, 6.45) is 7.50. The second-order valence-electron chi connectivity index (χ2n) is 5.34. The SMILES string of the molecule is C=C/C=C(F)\C(=C/C)c1ncccc1-c1ccc2ncnc(N)c2c1. The van der Waals surface area contributed by atoms with Crippen LogP contribution in [0.4, 0.5) is 10.2 Å². The molecule has 3 rings (SSSR count). The molecule has 2 heterocycles. The molecular formula is C20H17FN4. The fourth-order valence-corrected chi connectivity index (χ4v) is 2.68. The molecule has 25 heavy (non-hydrogen) atoms. The minimum Gasteiger partial charge on any atom is -0.383 e. The van der Waals surface area contributed by atoms with Crippen LogP contribution in [0, 0.1) is 0 Å². The van der Waals surface area contributed by atoms with Crippen molar-refractivity contribution >= 4 is 22.3 Å². The molecule has 0 aliphatic rings. The van der Waals surface area contributed by atoms with Gasteiger partial charge in [-0.3, -0.25) is 4.98 Å². The van der Waals surface area contributed by atoms with Crippen molar-refractivity contribution in [1.82, 2.24) is 15.0 Å². The maximum absolute atomic E-state index is 14.4. The highest BCUT2D eigenvalue weighted by atomic mass is 19.1. The second kappa shape index (κ2) is 7.05. The lowest BCUT2D eigenvalue weighted by molar-refractivity contribution is 0.673. The smallest absolute Gasteiger partial charge is 0.134 e. The van der Waals surface area contributed by atoms with Gasteiger partial charge < -0.3 is 5.73 Å². The predicted molar refractivity (Wildman–Crippen MR) is 100 cm³/mol. The highest BCUT2D eigenvalue weighted by molar-refractivity contribution is 5.93. The molecule has 124 valence electrons. The molecule has 2 aromatic heterocycles. The van der Waals surface area contributed by atoms with E-state index in [2.05, 4.69) is 21.5 Å². The standard InChI is InChI=1S/C20H17FN4/c1-3-6-17(21)14(4-2)19-15(7-5-10-23-19)13-8-9-18-16(11-13)20(22)25-12-24-18/h3-12H,1H2,2H3,(H2,22,24,25)/b14-4+,17-6+. The molecule has 0 aliphatic heterocycles. The highest BCUT2D eigenvalue weighted by Gasteiger charge is 2.14. The second-order valence-corrected chi connectivity index (χ2v) is 5.34. The number of fused-ring (bicyclic) bond motifs is 1. The third kappa shape index (κ3) is 3.17. The molecule has 1 aromatic carbocycles. The third-order valence-electron chi connectivity index (χ3n) is 3.85. The van der Waals surface area contributed by atoms with Crippen molar-refractivity contribution in [2.75, 3.05) is 5.73 Å². The van der Waals surface area contributed by atoms with Gasteiger partial charge in [0.15, 0.2) is 0 Å². The number of allylic oxidation sites excluding steroid dienone is 5. The van der Waals surface area contributed by atoms with Crippen molar-refractivity contribution in [1.29, 1.82) is 0 Å². The molecule has 0 saturated carbocycles. The summed E-state index contributed by atoms with van der Waals surface area (Å²) in [6.45, 7) is 5.32. The number of anilines is 1. The Kier molecular flexibility index (Phi) is 4.66. The number of benzene rings is 1. The molecule has 0 aliphatic carbocycles. The van der Waals surface area contributed by atoms with Crippen molar-refractivity contribution in [3.63, 3.8) is 0 Å². The molecular weight excluding hydrogens is 315 g/mol. The average molecular weight is 332 g/mol. The van der Waals surface area contributed by atoms with E-state index in [1.807, 2.05) is 30.3 Å². The van der Waals surface area contributed by atoms with Gasteiger partial charge in [-0.2, -0.15) is 0 Å². The fourth-order valence-electron chi connectivity index (χ4n) is 2.68. The van der Waals surface area contributed by atoms with Crippen molar-refractivity contribution in [2.24, 2.45) is 0 Å². The van der Waals surface area contributed by atoms with Crippen LogP contribution >= 0.6 is 0 Å². The van der Waals surface area contributed by atoms with Crippen LogP contribution in [-0.2, 0) is 0 Å². The first-order valence-corrected chi connectivity index (χ1v) is 7.76. The number of aromatic nitrogens is 3. The molecule has 0 saturated heterocycles. The Bertz CT molecular complexity index is 1010. The van der Waals surface area contributed by atoms with Gasteiger partial charge in [0.1, 0.15) is 18.0 Å². The normalized spacial score (nSPS) is 12.4. The summed E-state index contributed by atoms with van der Waals surface area (Å²) in [7, 11) is 0. The summed E-state index contributed by atoms with van der Waals surface area (Å²) in [5.41, 5.74) is 9.34. The fraction of sp³-hybridized carbons (Fsp3) is 0.0500. The van der Waals surface area contributed by atoms with Crippen molar-refractivity contribution in [2.45, 2.75) is 6.92 Å². The summed E-state index contributed by atoms with van der Waals surface area (Å²) in [4.78, 5) is 12.6. The molecule has 0 amide bonds. The van der Waals surface area contributed by atoms with E-state index in [1.54, 1.807) is 19.2 Å². The first-order chi connectivity index (χ1) is 12.2. The quantitative estimate of drug-likeness (QED) is 0.702. The molecule has 3 aromatic rings. The van der Waals surface area contributed by atoms with E-state index < -0.39 is 0 Å². The lowest BCUT2D eigenvalue weighted by Crippen LogP contribution is -1.96. The summed E-state index contributed by atoms with van der Waals surface area (Å²) in [5, 5.41) is 0.749. The lowest BCUT2D eigenvalue weighted by Gasteiger charge is -2.12. The molecule has 2 N–H and O–H groups in total. The Morgan fingerprint density at radius 1 is 1.20 bits per heavy atom. The molecule has 0 fully saturated rings. The van der Waals surface area contributed by atoms with Crippen molar-refractivity contribution in [3.05, 3.63) is 79.2 Å². The Hall–Kier alpha value is -3.34. The number of pyridine rings is 1. The van der Waals surface area contributed by atoms with E-state index in [0.29, 0.717) is 17.1 Å². The average Bonchev–Trinajstić information content (AvgIpc) is 2.63. The largest absolute Gasteiger partial charge is 0.383 e. The summed E-state index contributed by atoms with van der Waals surface area (Å²) < 4.78 is 14.4. The number of halogens is 1. The van der Waals surface area contributed by atoms with Crippen LogP contribution in [0.15, 0.2) is 73.5 Å². The number of hydrogen-bond donors (Lipinski definition) is 1. The maximum Gasteiger partial charge on any atom is 0.134 e. The topological polar surface area (TPSA) is 64.7 Å². The maximum atomic E-state index is 14.4. The van der Waals surface area contributed by atoms with Crippen LogP contribution < -0.4 is 5.73 Å². The number of nitrogens with two attached hydrogens (primary N) is 1. The minimum atomic E-state index is -0.388. The molecule has 4 nitrogen and oxygen atoms in total. The van der Waals surface area contributed by atoms with Crippen LogP contribution in [0.25, 0.3) is 27.6 Å². The molecule has 0 unspecified atom stereocenters. The zero-order valence-electron chi connectivity index (χ0n) is 13.8. The Labute approximate surface area is 145 Å². The van der Waals surface area contributed by atoms with E-state index in [0.717, 1.165) is 22.0 Å². The Balaban J connectivity index is 2.21. The first kappa shape index (κ1) is 16.5. The highest BCUT2D eigenvalue weighted by Crippen LogP contribution is 2.33. The summed E-state index contributed by atoms with van der Waals surface area (Å²) in [6, 6.07) is 9.39. The zero-order chi connectivity index (χ0) is 17.8. The van der Waals surface area contributed by atoms with Crippen molar-refractivity contribution in [3.8, 4) is 11.1 Å². The number of nitrogen functional groups attached to an aromatic ring is 1. The Morgan fingerprint density at radius 2 is 2.04 bits per heavy atom. The van der Waals surface area contributed by atoms with E-state index in [4.69, 9.17) is 5.73 Å². The van der Waals surface area contributed by atoms with Gasteiger partial charge in [-0.1, -0.05) is 30.9 Å². The van der Waals surface area contributed by atoms with E-state index >= 15 is 0 Å². The van der Waals surface area contributed by atoms with Crippen LogP contribution in [0.5, 0.6) is 0 Å². The van der Waals surface area contributed by atoms with Gasteiger partial charge in [-0.05, 0) is 36.8 Å². The van der Waals surface area contributed by atoms with Gasteiger partial charge >= 0.3 is 0 Å². The molecule has 0 atom stereocenters. The van der Waals surface area contributed by atoms with E-state index in [9.17, 15) is 4.39 Å². The number of nitrogens with zero attached hydrogens (tertiary/aromatic N) is 3. The van der Waals surface area contributed by atoms with E-state index in [-0.39, 0.29) is 5.83 Å². The lowest BCUT2D eigenvalue weighted by atomic mass is 9.97. The van der Waals surface area contributed by atoms with Gasteiger partial charge in [-0.15, -0.1) is 0 Å². The van der Waals surface area contributed by atoms with Crippen LogP contribution in [-0.4, -0.2) is 15.0 Å². The predicted octanol–water partition coefficient (Wildman–Crippen LogP) is 4.72.